The van der Waals surface area contributed by atoms with Crippen molar-refractivity contribution in [1.29, 1.82) is 5.41 Å². The number of hydrogen-bond donors (Lipinski definition) is 3. The molecule has 0 spiro atoms. The Bertz CT molecular complexity index is 287. The quantitative estimate of drug-likeness (QED) is 0.414. The second-order valence-corrected chi connectivity index (χ2v) is 1.49. The lowest BCUT2D eigenvalue weighted by Crippen LogP contribution is -2.16. The summed E-state index contributed by atoms with van der Waals surface area (Å²) in [6, 6.07) is 0. The molecule has 3 rings (SSSR count). The molecule has 0 amide bonds. The number of nitrogens with zero attached hydrogens (tertiary/aromatic N) is 2. The lowest BCUT2D eigenvalue weighted by molar-refractivity contribution is 0.908. The molecule has 0 saturated carbocycles. The van der Waals surface area contributed by atoms with Crippen LogP contribution < -0.4 is 5.62 Å². The van der Waals surface area contributed by atoms with Gasteiger partial charge in [0.05, 0.1) is 0 Å². The Labute approximate surface area is 43.6 Å². The van der Waals surface area contributed by atoms with Crippen molar-refractivity contribution in [1.82, 2.24) is 19.9 Å². The normalized spacial score (nSPS) is 11.0. The summed E-state index contributed by atoms with van der Waals surface area (Å²) in [5, 5.41) is 6.89. The SMILES string of the molecule is N=c1nc2[nH]c(n1)[nH]2. The molecule has 3 heterocycles. The standard InChI is InChI=1S/C3H3N5/c4-1-5-2-7-3(6-1)8-2/h(H3,4,5,6,7,8). The summed E-state index contributed by atoms with van der Waals surface area (Å²) in [5.41, 5.74) is 0.0625. The molecule has 40 valence electrons. The topological polar surface area (TPSA) is 81.2 Å². The summed E-state index contributed by atoms with van der Waals surface area (Å²) in [4.78, 5) is 12.8. The molecular weight excluding hydrogens is 106 g/mol. The molecule has 0 fully saturated rings. The minimum Gasteiger partial charge on any atom is -0.295 e. The van der Waals surface area contributed by atoms with Crippen LogP contribution in [-0.2, 0) is 0 Å². The monoisotopic (exact) mass is 109 g/mol. The average Bonchev–Trinajstić information content (AvgIpc) is 1.62. The van der Waals surface area contributed by atoms with Crippen LogP contribution in [0.4, 0.5) is 0 Å². The third kappa shape index (κ3) is 0.281. The van der Waals surface area contributed by atoms with Gasteiger partial charge >= 0.3 is 0 Å². The molecule has 0 saturated heterocycles. The van der Waals surface area contributed by atoms with E-state index in [1.165, 1.54) is 0 Å². The largest absolute Gasteiger partial charge is 0.295 e. The van der Waals surface area contributed by atoms with E-state index >= 15 is 0 Å². The molecule has 3 aromatic heterocycles. The van der Waals surface area contributed by atoms with Gasteiger partial charge in [-0.05, 0) is 0 Å². The van der Waals surface area contributed by atoms with E-state index < -0.39 is 0 Å². The third-order valence-corrected chi connectivity index (χ3v) is 0.909. The third-order valence-electron chi connectivity index (χ3n) is 0.909. The number of hydrogen-bond acceptors (Lipinski definition) is 3. The molecule has 0 aliphatic rings. The van der Waals surface area contributed by atoms with E-state index in [-0.39, 0.29) is 5.62 Å². The Morgan fingerprint density at radius 3 is 1.88 bits per heavy atom. The first-order valence-electron chi connectivity index (χ1n) is 2.14. The van der Waals surface area contributed by atoms with Crippen molar-refractivity contribution in [3.05, 3.63) is 5.62 Å². The van der Waals surface area contributed by atoms with Crippen LogP contribution in [0.25, 0.3) is 11.6 Å². The lowest BCUT2D eigenvalue weighted by atomic mass is 10.8. The molecule has 0 unspecified atom stereocenters. The summed E-state index contributed by atoms with van der Waals surface area (Å²) in [6.07, 6.45) is 0. The van der Waals surface area contributed by atoms with E-state index in [0.717, 1.165) is 0 Å². The summed E-state index contributed by atoms with van der Waals surface area (Å²) in [7, 11) is 0. The summed E-state index contributed by atoms with van der Waals surface area (Å²) < 4.78 is 0. The fourth-order valence-corrected chi connectivity index (χ4v) is 0.573. The second-order valence-electron chi connectivity index (χ2n) is 1.49. The Kier molecular flexibility index (Phi) is 0.397. The molecule has 5 nitrogen and oxygen atoms in total. The molecule has 3 aromatic rings. The van der Waals surface area contributed by atoms with Gasteiger partial charge in [-0.3, -0.25) is 15.4 Å². The number of H-pyrrole nitrogens is 2. The van der Waals surface area contributed by atoms with Crippen LogP contribution in [0.2, 0.25) is 0 Å². The van der Waals surface area contributed by atoms with Crippen molar-refractivity contribution in [2.24, 2.45) is 0 Å². The van der Waals surface area contributed by atoms with Crippen molar-refractivity contribution >= 4 is 11.6 Å². The molecule has 2 bridgehead atoms. The molecule has 0 aliphatic heterocycles. The Balaban J connectivity index is 3.03. The molecule has 8 heavy (non-hydrogen) atoms. The smallest absolute Gasteiger partial charge is 0.248 e. The van der Waals surface area contributed by atoms with Gasteiger partial charge in [0.2, 0.25) is 17.2 Å². The number of fused-ring (bicyclic) bond motifs is 2. The van der Waals surface area contributed by atoms with Crippen molar-refractivity contribution in [2.45, 2.75) is 0 Å². The highest BCUT2D eigenvalue weighted by Crippen LogP contribution is 1.90. The minimum absolute atomic E-state index is 0.0625. The minimum atomic E-state index is 0.0625. The molecule has 0 aromatic carbocycles. The molecule has 0 atom stereocenters. The fraction of sp³-hybridized carbons (Fsp3) is 0. The molecule has 3 N–H and O–H groups in total. The van der Waals surface area contributed by atoms with E-state index in [1.54, 1.807) is 0 Å². The van der Waals surface area contributed by atoms with E-state index in [2.05, 4.69) is 19.9 Å². The van der Waals surface area contributed by atoms with Crippen LogP contribution >= 0.6 is 0 Å². The van der Waals surface area contributed by atoms with Crippen LogP contribution in [0.5, 0.6) is 0 Å². The van der Waals surface area contributed by atoms with Gasteiger partial charge in [-0.2, -0.15) is 9.97 Å². The average molecular weight is 109 g/mol. The number of aromatic amines is 2. The van der Waals surface area contributed by atoms with Crippen LogP contribution in [0.1, 0.15) is 0 Å². The highest BCUT2D eigenvalue weighted by Gasteiger charge is 1.95. The maximum Gasteiger partial charge on any atom is 0.248 e. The van der Waals surface area contributed by atoms with Crippen molar-refractivity contribution in [3.63, 3.8) is 0 Å². The summed E-state index contributed by atoms with van der Waals surface area (Å²) >= 11 is 0. The van der Waals surface area contributed by atoms with E-state index in [0.29, 0.717) is 11.6 Å². The molecule has 0 aliphatic carbocycles. The van der Waals surface area contributed by atoms with E-state index in [1.807, 2.05) is 0 Å². The first-order chi connectivity index (χ1) is 3.84. The maximum atomic E-state index is 6.89. The van der Waals surface area contributed by atoms with Gasteiger partial charge in [-0.1, -0.05) is 0 Å². The van der Waals surface area contributed by atoms with E-state index in [4.69, 9.17) is 5.41 Å². The summed E-state index contributed by atoms with van der Waals surface area (Å²) in [5.74, 6) is 1.25. The first-order valence-corrected chi connectivity index (χ1v) is 2.14. The van der Waals surface area contributed by atoms with Crippen molar-refractivity contribution < 1.29 is 0 Å². The van der Waals surface area contributed by atoms with Gasteiger partial charge in [0.25, 0.3) is 0 Å². The molecule has 0 radical (unpaired) electrons. The fourth-order valence-electron chi connectivity index (χ4n) is 0.573. The van der Waals surface area contributed by atoms with Gasteiger partial charge in [0.15, 0.2) is 0 Å². The Morgan fingerprint density at radius 2 is 1.62 bits per heavy atom. The zero-order chi connectivity index (χ0) is 5.56. The lowest BCUT2D eigenvalue weighted by Gasteiger charge is -1.97. The van der Waals surface area contributed by atoms with Crippen molar-refractivity contribution in [3.8, 4) is 0 Å². The van der Waals surface area contributed by atoms with Crippen LogP contribution in [0, 0.1) is 5.41 Å². The Morgan fingerprint density at radius 1 is 1.12 bits per heavy atom. The van der Waals surface area contributed by atoms with Crippen LogP contribution in [0.3, 0.4) is 0 Å². The predicted octanol–water partition coefficient (Wildman–Crippen LogP) is -0.797. The van der Waals surface area contributed by atoms with Gasteiger partial charge < -0.3 is 0 Å². The number of rotatable bonds is 0. The van der Waals surface area contributed by atoms with Crippen molar-refractivity contribution in [2.75, 3.05) is 0 Å². The second kappa shape index (κ2) is 0.885. The van der Waals surface area contributed by atoms with E-state index in [9.17, 15) is 0 Å². The zero-order valence-electron chi connectivity index (χ0n) is 3.89. The van der Waals surface area contributed by atoms with Gasteiger partial charge in [0, 0.05) is 0 Å². The van der Waals surface area contributed by atoms with Gasteiger partial charge in [-0.15, -0.1) is 0 Å². The van der Waals surface area contributed by atoms with Gasteiger partial charge in [-0.25, -0.2) is 0 Å². The maximum absolute atomic E-state index is 6.89. The highest BCUT2D eigenvalue weighted by atomic mass is 15.2. The van der Waals surface area contributed by atoms with Crippen LogP contribution in [-0.4, -0.2) is 19.9 Å². The number of aromatic nitrogens is 4. The summed E-state index contributed by atoms with van der Waals surface area (Å²) in [6.45, 7) is 0. The molecular formula is C3H3N5. The highest BCUT2D eigenvalue weighted by molar-refractivity contribution is 5.43. The predicted molar refractivity (Wildman–Crippen MR) is 25.3 cm³/mol. The van der Waals surface area contributed by atoms with Gasteiger partial charge in [0.1, 0.15) is 0 Å². The van der Waals surface area contributed by atoms with Crippen LogP contribution in [0.15, 0.2) is 0 Å². The molecule has 5 heteroatoms. The number of nitrogens with one attached hydrogen (secondary N) is 3. The first kappa shape index (κ1) is 3.59. The zero-order valence-corrected chi connectivity index (χ0v) is 3.89. The Hall–Kier alpha value is -1.39.